The average molecular weight is 268 g/mol. The molecule has 0 aromatic carbocycles. The minimum absolute atomic E-state index is 0.713. The van der Waals surface area contributed by atoms with Crippen molar-refractivity contribution in [1.82, 2.24) is 14.6 Å². The molecule has 0 N–H and O–H groups in total. The van der Waals surface area contributed by atoms with Gasteiger partial charge in [0.2, 0.25) is 0 Å². The Hall–Kier alpha value is -0.740. The quantitative estimate of drug-likeness (QED) is 0.838. The van der Waals surface area contributed by atoms with Gasteiger partial charge in [-0.25, -0.2) is 0 Å². The molecular formula is C12H14ClN3S. The minimum atomic E-state index is 0.713. The molecular weight excluding hydrogens is 254 g/mol. The number of hydrogen-bond acceptors (Lipinski definition) is 3. The molecule has 1 aliphatic rings. The van der Waals surface area contributed by atoms with Gasteiger partial charge in [0.25, 0.3) is 0 Å². The van der Waals surface area contributed by atoms with Crippen LogP contribution in [0.25, 0.3) is 5.65 Å². The second kappa shape index (κ2) is 4.86. The molecule has 2 aromatic rings. The van der Waals surface area contributed by atoms with Crippen molar-refractivity contribution in [3.05, 3.63) is 29.2 Å². The topological polar surface area (TPSA) is 30.2 Å². The van der Waals surface area contributed by atoms with Gasteiger partial charge in [-0.05, 0) is 36.3 Å². The van der Waals surface area contributed by atoms with Crippen LogP contribution < -0.4 is 0 Å². The lowest BCUT2D eigenvalue weighted by molar-refractivity contribution is 0.506. The molecule has 1 aliphatic heterocycles. The van der Waals surface area contributed by atoms with Crippen LogP contribution in [0, 0.1) is 5.92 Å². The van der Waals surface area contributed by atoms with Crippen LogP contribution in [-0.2, 0) is 6.42 Å². The largest absolute Gasteiger partial charge is 0.286 e. The van der Waals surface area contributed by atoms with Crippen LogP contribution in [0.15, 0.2) is 18.3 Å². The van der Waals surface area contributed by atoms with E-state index in [1.54, 1.807) is 0 Å². The fourth-order valence-electron chi connectivity index (χ4n) is 2.28. The summed E-state index contributed by atoms with van der Waals surface area (Å²) < 4.78 is 2.05. The van der Waals surface area contributed by atoms with E-state index in [0.29, 0.717) is 5.02 Å². The van der Waals surface area contributed by atoms with Gasteiger partial charge in [0.05, 0.1) is 0 Å². The molecule has 1 fully saturated rings. The lowest BCUT2D eigenvalue weighted by Gasteiger charge is -2.20. The number of halogens is 1. The molecule has 0 amide bonds. The summed E-state index contributed by atoms with van der Waals surface area (Å²) in [6.07, 6.45) is 5.63. The third-order valence-corrected chi connectivity index (χ3v) is 4.69. The number of rotatable bonds is 2. The van der Waals surface area contributed by atoms with Gasteiger partial charge in [-0.3, -0.25) is 4.40 Å². The number of nitrogens with zero attached hydrogens (tertiary/aromatic N) is 3. The Morgan fingerprint density at radius 1 is 1.47 bits per heavy atom. The van der Waals surface area contributed by atoms with E-state index >= 15 is 0 Å². The van der Waals surface area contributed by atoms with Crippen molar-refractivity contribution in [3.63, 3.8) is 0 Å². The molecule has 5 heteroatoms. The Labute approximate surface area is 110 Å². The van der Waals surface area contributed by atoms with Crippen molar-refractivity contribution in [1.29, 1.82) is 0 Å². The van der Waals surface area contributed by atoms with Crippen molar-refractivity contribution in [2.45, 2.75) is 19.3 Å². The highest BCUT2D eigenvalue weighted by Gasteiger charge is 2.17. The number of aromatic nitrogens is 3. The van der Waals surface area contributed by atoms with Crippen LogP contribution in [0.1, 0.15) is 18.7 Å². The Balaban J connectivity index is 1.84. The maximum absolute atomic E-state index is 5.94. The molecule has 1 atom stereocenters. The van der Waals surface area contributed by atoms with E-state index in [4.69, 9.17) is 11.6 Å². The zero-order chi connectivity index (χ0) is 11.7. The normalized spacial score (nSPS) is 20.9. The summed E-state index contributed by atoms with van der Waals surface area (Å²) in [6, 6.07) is 3.74. The van der Waals surface area contributed by atoms with Gasteiger partial charge in [-0.2, -0.15) is 11.8 Å². The Kier molecular flexibility index (Phi) is 3.25. The van der Waals surface area contributed by atoms with Gasteiger partial charge in [0.1, 0.15) is 5.82 Å². The molecule has 90 valence electrons. The molecule has 0 bridgehead atoms. The molecule has 3 nitrogen and oxygen atoms in total. The summed E-state index contributed by atoms with van der Waals surface area (Å²) in [5, 5.41) is 9.15. The van der Waals surface area contributed by atoms with Gasteiger partial charge >= 0.3 is 0 Å². The van der Waals surface area contributed by atoms with E-state index in [0.717, 1.165) is 23.8 Å². The van der Waals surface area contributed by atoms with Crippen LogP contribution in [-0.4, -0.2) is 26.1 Å². The first-order chi connectivity index (χ1) is 8.33. The van der Waals surface area contributed by atoms with Gasteiger partial charge in [0.15, 0.2) is 5.65 Å². The summed E-state index contributed by atoms with van der Waals surface area (Å²) in [6.45, 7) is 0. The monoisotopic (exact) mass is 267 g/mol. The summed E-state index contributed by atoms with van der Waals surface area (Å²) >= 11 is 7.99. The molecule has 0 saturated carbocycles. The van der Waals surface area contributed by atoms with Crippen molar-refractivity contribution in [2.24, 2.45) is 5.92 Å². The number of pyridine rings is 1. The molecule has 0 spiro atoms. The summed E-state index contributed by atoms with van der Waals surface area (Å²) in [4.78, 5) is 0. The second-order valence-corrected chi connectivity index (χ2v) is 6.06. The van der Waals surface area contributed by atoms with E-state index in [2.05, 4.69) is 22.0 Å². The molecule has 1 saturated heterocycles. The van der Waals surface area contributed by atoms with Crippen molar-refractivity contribution in [2.75, 3.05) is 11.5 Å². The smallest absolute Gasteiger partial charge is 0.162 e. The van der Waals surface area contributed by atoms with Crippen molar-refractivity contribution >= 4 is 29.0 Å². The van der Waals surface area contributed by atoms with Gasteiger partial charge in [-0.15, -0.1) is 10.2 Å². The molecule has 3 rings (SSSR count). The SMILES string of the molecule is Clc1ccn2c(CC3CCCSC3)nnc2c1. The van der Waals surface area contributed by atoms with E-state index in [9.17, 15) is 0 Å². The molecule has 3 heterocycles. The summed E-state index contributed by atoms with van der Waals surface area (Å²) in [5.41, 5.74) is 0.843. The predicted octanol–water partition coefficient (Wildman–Crippen LogP) is 3.07. The minimum Gasteiger partial charge on any atom is -0.286 e. The summed E-state index contributed by atoms with van der Waals surface area (Å²) in [7, 11) is 0. The first-order valence-electron chi connectivity index (χ1n) is 5.90. The van der Waals surface area contributed by atoms with E-state index in [-0.39, 0.29) is 0 Å². The molecule has 1 unspecified atom stereocenters. The lowest BCUT2D eigenvalue weighted by atomic mass is 10.0. The third kappa shape index (κ3) is 2.43. The Morgan fingerprint density at radius 3 is 3.24 bits per heavy atom. The highest BCUT2D eigenvalue weighted by Crippen LogP contribution is 2.25. The summed E-state index contributed by atoms with van der Waals surface area (Å²) in [5.74, 6) is 4.37. The standard InChI is InChI=1S/C12H14ClN3S/c13-10-3-4-16-11(14-15-12(16)7-10)6-9-2-1-5-17-8-9/h3-4,7,9H,1-2,5-6,8H2. The third-order valence-electron chi connectivity index (χ3n) is 3.17. The Morgan fingerprint density at radius 2 is 2.41 bits per heavy atom. The fraction of sp³-hybridized carbons (Fsp3) is 0.500. The van der Waals surface area contributed by atoms with Gasteiger partial charge in [0, 0.05) is 23.7 Å². The van der Waals surface area contributed by atoms with Gasteiger partial charge in [-0.1, -0.05) is 11.6 Å². The molecule has 17 heavy (non-hydrogen) atoms. The maximum atomic E-state index is 5.94. The average Bonchev–Trinajstić information content (AvgIpc) is 2.73. The predicted molar refractivity (Wildman–Crippen MR) is 71.8 cm³/mol. The lowest BCUT2D eigenvalue weighted by Crippen LogP contribution is -2.14. The zero-order valence-corrected chi connectivity index (χ0v) is 11.0. The van der Waals surface area contributed by atoms with Crippen LogP contribution in [0.2, 0.25) is 5.02 Å². The fourth-order valence-corrected chi connectivity index (χ4v) is 3.59. The molecule has 2 aromatic heterocycles. The van der Waals surface area contributed by atoms with E-state index in [1.807, 2.05) is 22.7 Å². The van der Waals surface area contributed by atoms with Crippen LogP contribution in [0.5, 0.6) is 0 Å². The van der Waals surface area contributed by atoms with Crippen molar-refractivity contribution < 1.29 is 0 Å². The molecule has 0 radical (unpaired) electrons. The zero-order valence-electron chi connectivity index (χ0n) is 9.47. The van der Waals surface area contributed by atoms with E-state index < -0.39 is 0 Å². The molecule has 0 aliphatic carbocycles. The first-order valence-corrected chi connectivity index (χ1v) is 7.43. The Bertz CT molecular complexity index is 519. The van der Waals surface area contributed by atoms with Crippen LogP contribution in [0.3, 0.4) is 0 Å². The second-order valence-electron chi connectivity index (χ2n) is 4.48. The maximum Gasteiger partial charge on any atom is 0.162 e. The number of thioether (sulfide) groups is 1. The highest BCUT2D eigenvalue weighted by atomic mass is 35.5. The first kappa shape index (κ1) is 11.4. The van der Waals surface area contributed by atoms with Crippen LogP contribution in [0.4, 0.5) is 0 Å². The van der Waals surface area contributed by atoms with E-state index in [1.165, 1.54) is 24.3 Å². The number of fused-ring (bicyclic) bond motifs is 1. The highest BCUT2D eigenvalue weighted by molar-refractivity contribution is 7.99. The van der Waals surface area contributed by atoms with Crippen molar-refractivity contribution in [3.8, 4) is 0 Å². The number of hydrogen-bond donors (Lipinski definition) is 0. The van der Waals surface area contributed by atoms with Crippen LogP contribution >= 0.6 is 23.4 Å². The van der Waals surface area contributed by atoms with Gasteiger partial charge < -0.3 is 0 Å².